The van der Waals surface area contributed by atoms with Crippen molar-refractivity contribution in [3.05, 3.63) is 40.1 Å². The quantitative estimate of drug-likeness (QED) is 0.927. The Morgan fingerprint density at radius 1 is 1.28 bits per heavy atom. The molecule has 2 rings (SSSR count). The summed E-state index contributed by atoms with van der Waals surface area (Å²) in [5, 5.41) is 14.9. The molecule has 1 aromatic heterocycles. The van der Waals surface area contributed by atoms with Crippen LogP contribution in [0.5, 0.6) is 0 Å². The first-order valence-electron chi connectivity index (χ1n) is 5.68. The Morgan fingerprint density at radius 3 is 2.39 bits per heavy atom. The highest BCUT2D eigenvalue weighted by atomic mass is 35.5. The Morgan fingerprint density at radius 2 is 1.89 bits per heavy atom. The fourth-order valence-corrected chi connectivity index (χ4v) is 2.56. The topological polar surface area (TPSA) is 38.0 Å². The average molecular weight is 285 g/mol. The highest BCUT2D eigenvalue weighted by molar-refractivity contribution is 6.39. The molecule has 0 atom stereocenters. The summed E-state index contributed by atoms with van der Waals surface area (Å²) in [5.74, 6) is 0. The number of aliphatic hydroxyl groups is 1. The van der Waals surface area contributed by atoms with Gasteiger partial charge in [0.1, 0.15) is 0 Å². The number of rotatable bonds is 3. The molecule has 0 aliphatic rings. The van der Waals surface area contributed by atoms with Gasteiger partial charge in [-0.25, -0.2) is 0 Å². The first kappa shape index (κ1) is 13.4. The summed E-state index contributed by atoms with van der Waals surface area (Å²) in [5.41, 5.74) is 2.22. The molecular formula is C13H14Cl2N2O. The van der Waals surface area contributed by atoms with E-state index < -0.39 is 0 Å². The van der Waals surface area contributed by atoms with E-state index in [2.05, 4.69) is 5.10 Å². The lowest BCUT2D eigenvalue weighted by Gasteiger charge is -2.12. The molecule has 0 saturated carbocycles. The molecule has 0 fully saturated rings. The maximum Gasteiger partial charge on any atom is 0.0856 e. The van der Waals surface area contributed by atoms with Crippen LogP contribution in [0.15, 0.2) is 24.4 Å². The van der Waals surface area contributed by atoms with Crippen LogP contribution in [0.4, 0.5) is 0 Å². The van der Waals surface area contributed by atoms with E-state index in [1.807, 2.05) is 13.8 Å². The van der Waals surface area contributed by atoms with Crippen LogP contribution in [0.1, 0.15) is 25.6 Å². The maximum absolute atomic E-state index is 9.53. The van der Waals surface area contributed by atoms with Crippen LogP contribution in [0.2, 0.25) is 10.0 Å². The normalized spacial score (nSPS) is 11.2. The Balaban J connectivity index is 2.65. The van der Waals surface area contributed by atoms with Gasteiger partial charge < -0.3 is 5.11 Å². The first-order chi connectivity index (χ1) is 8.56. The summed E-state index contributed by atoms with van der Waals surface area (Å²) < 4.78 is 1.77. The van der Waals surface area contributed by atoms with E-state index in [-0.39, 0.29) is 12.6 Å². The second kappa shape index (κ2) is 5.31. The predicted octanol–water partition coefficient (Wildman–Crippen LogP) is 3.93. The van der Waals surface area contributed by atoms with Crippen molar-refractivity contribution in [1.29, 1.82) is 0 Å². The molecule has 0 unspecified atom stereocenters. The average Bonchev–Trinajstić information content (AvgIpc) is 2.72. The van der Waals surface area contributed by atoms with Crippen molar-refractivity contribution < 1.29 is 5.11 Å². The zero-order valence-corrected chi connectivity index (χ0v) is 11.7. The van der Waals surface area contributed by atoms with Crippen LogP contribution >= 0.6 is 23.2 Å². The number of aliphatic hydroxyl groups excluding tert-OH is 1. The zero-order chi connectivity index (χ0) is 13.3. The van der Waals surface area contributed by atoms with Crippen molar-refractivity contribution in [2.75, 3.05) is 0 Å². The molecule has 96 valence electrons. The van der Waals surface area contributed by atoms with Gasteiger partial charge in [-0.05, 0) is 26.0 Å². The molecule has 0 radical (unpaired) electrons. The van der Waals surface area contributed by atoms with Crippen molar-refractivity contribution in [1.82, 2.24) is 9.78 Å². The molecule has 3 nitrogen and oxygen atoms in total. The first-order valence-corrected chi connectivity index (χ1v) is 6.43. The van der Waals surface area contributed by atoms with Gasteiger partial charge in [0, 0.05) is 17.2 Å². The number of aromatic nitrogens is 2. The van der Waals surface area contributed by atoms with Crippen molar-refractivity contribution in [3.8, 4) is 11.1 Å². The van der Waals surface area contributed by atoms with Crippen LogP contribution in [0, 0.1) is 0 Å². The number of benzene rings is 1. The van der Waals surface area contributed by atoms with Gasteiger partial charge >= 0.3 is 0 Å². The van der Waals surface area contributed by atoms with Crippen molar-refractivity contribution in [2.45, 2.75) is 26.5 Å². The molecule has 0 spiro atoms. The van der Waals surface area contributed by atoms with E-state index in [9.17, 15) is 5.11 Å². The summed E-state index contributed by atoms with van der Waals surface area (Å²) >= 11 is 12.4. The highest BCUT2D eigenvalue weighted by Gasteiger charge is 2.17. The van der Waals surface area contributed by atoms with Crippen molar-refractivity contribution in [3.63, 3.8) is 0 Å². The lowest BCUT2D eigenvalue weighted by molar-refractivity contribution is 0.265. The fraction of sp³-hybridized carbons (Fsp3) is 0.308. The zero-order valence-electron chi connectivity index (χ0n) is 10.2. The largest absolute Gasteiger partial charge is 0.390 e. The molecule has 0 saturated heterocycles. The van der Waals surface area contributed by atoms with Gasteiger partial charge in [0.25, 0.3) is 0 Å². The van der Waals surface area contributed by atoms with E-state index in [1.165, 1.54) is 0 Å². The van der Waals surface area contributed by atoms with Gasteiger partial charge in [0.05, 0.1) is 28.5 Å². The standard InChI is InChI=1S/C13H14Cl2N2O/c1-8(2)17-12(7-18)9(6-16-17)13-10(14)4-3-5-11(13)15/h3-6,8,18H,7H2,1-2H3. The molecule has 2 aromatic rings. The molecule has 0 aliphatic heterocycles. The van der Waals surface area contributed by atoms with E-state index in [1.54, 1.807) is 29.1 Å². The van der Waals surface area contributed by atoms with E-state index in [0.29, 0.717) is 10.0 Å². The number of hydrogen-bond donors (Lipinski definition) is 1. The third-order valence-corrected chi connectivity index (χ3v) is 3.40. The third kappa shape index (κ3) is 2.26. The van der Waals surface area contributed by atoms with E-state index in [4.69, 9.17) is 23.2 Å². The molecule has 0 amide bonds. The van der Waals surface area contributed by atoms with Crippen LogP contribution in [-0.4, -0.2) is 14.9 Å². The van der Waals surface area contributed by atoms with E-state index >= 15 is 0 Å². The second-order valence-corrected chi connectivity index (χ2v) is 5.11. The van der Waals surface area contributed by atoms with Crippen LogP contribution in [0.25, 0.3) is 11.1 Å². The van der Waals surface area contributed by atoms with Gasteiger partial charge in [-0.1, -0.05) is 29.3 Å². The maximum atomic E-state index is 9.53. The smallest absolute Gasteiger partial charge is 0.0856 e. The second-order valence-electron chi connectivity index (χ2n) is 4.30. The number of nitrogens with zero attached hydrogens (tertiary/aromatic N) is 2. The summed E-state index contributed by atoms with van der Waals surface area (Å²) in [6, 6.07) is 5.51. The van der Waals surface area contributed by atoms with Crippen LogP contribution in [-0.2, 0) is 6.61 Å². The summed E-state index contributed by atoms with van der Waals surface area (Å²) in [6.45, 7) is 3.91. The highest BCUT2D eigenvalue weighted by Crippen LogP contribution is 2.36. The van der Waals surface area contributed by atoms with Gasteiger partial charge in [0.15, 0.2) is 0 Å². The Hall–Kier alpha value is -1.03. The molecular weight excluding hydrogens is 271 g/mol. The summed E-state index contributed by atoms with van der Waals surface area (Å²) in [7, 11) is 0. The molecule has 1 heterocycles. The van der Waals surface area contributed by atoms with Crippen molar-refractivity contribution >= 4 is 23.2 Å². The van der Waals surface area contributed by atoms with Crippen LogP contribution in [0.3, 0.4) is 0 Å². The van der Waals surface area contributed by atoms with Gasteiger partial charge in [-0.3, -0.25) is 4.68 Å². The van der Waals surface area contributed by atoms with Crippen molar-refractivity contribution in [2.24, 2.45) is 0 Å². The van der Waals surface area contributed by atoms with E-state index in [0.717, 1.165) is 16.8 Å². The minimum Gasteiger partial charge on any atom is -0.390 e. The van der Waals surface area contributed by atoms with Gasteiger partial charge in [-0.2, -0.15) is 5.10 Å². The molecule has 1 N–H and O–H groups in total. The fourth-order valence-electron chi connectivity index (χ4n) is 1.95. The Bertz CT molecular complexity index is 544. The lowest BCUT2D eigenvalue weighted by Crippen LogP contribution is -2.07. The summed E-state index contributed by atoms with van der Waals surface area (Å²) in [6.07, 6.45) is 1.69. The number of hydrogen-bond acceptors (Lipinski definition) is 2. The number of halogens is 2. The third-order valence-electron chi connectivity index (χ3n) is 2.77. The monoisotopic (exact) mass is 284 g/mol. The summed E-state index contributed by atoms with van der Waals surface area (Å²) in [4.78, 5) is 0. The Kier molecular flexibility index (Phi) is 3.95. The SMILES string of the molecule is CC(C)n1ncc(-c2c(Cl)cccc2Cl)c1CO. The molecule has 0 aliphatic carbocycles. The molecule has 1 aromatic carbocycles. The van der Waals surface area contributed by atoms with Gasteiger partial charge in [-0.15, -0.1) is 0 Å². The molecule has 18 heavy (non-hydrogen) atoms. The van der Waals surface area contributed by atoms with Gasteiger partial charge in [0.2, 0.25) is 0 Å². The van der Waals surface area contributed by atoms with Crippen LogP contribution < -0.4 is 0 Å². The lowest BCUT2D eigenvalue weighted by atomic mass is 10.1. The predicted molar refractivity (Wildman–Crippen MR) is 74.0 cm³/mol. The minimum atomic E-state index is -0.102. The molecule has 0 bridgehead atoms. The Labute approximate surface area is 116 Å². The molecule has 5 heteroatoms. The minimum absolute atomic E-state index is 0.102.